The number of aliphatic hydroxyl groups is 1. The van der Waals surface area contributed by atoms with Crippen molar-refractivity contribution >= 4 is 8.32 Å². The molecule has 0 bridgehead atoms. The quantitative estimate of drug-likeness (QED) is 0.422. The summed E-state index contributed by atoms with van der Waals surface area (Å²) in [5.41, 5.74) is 2.12. The Balaban J connectivity index is 3.00. The van der Waals surface area contributed by atoms with Gasteiger partial charge in [0.05, 0.1) is 11.7 Å². The molecule has 0 saturated heterocycles. The predicted molar refractivity (Wildman–Crippen MR) is 103 cm³/mol. The first-order chi connectivity index (χ1) is 10.8. The van der Waals surface area contributed by atoms with E-state index in [9.17, 15) is 5.11 Å². The van der Waals surface area contributed by atoms with Gasteiger partial charge in [-0.2, -0.15) is 0 Å². The molecule has 1 fully saturated rings. The molecule has 3 atom stereocenters. The van der Waals surface area contributed by atoms with Crippen molar-refractivity contribution in [3.63, 3.8) is 0 Å². The third-order valence-corrected chi connectivity index (χ3v) is 11.0. The Labute approximate surface area is 145 Å². The van der Waals surface area contributed by atoms with Crippen LogP contribution in [0, 0.1) is 5.92 Å². The van der Waals surface area contributed by atoms with Crippen LogP contribution in [0.4, 0.5) is 0 Å². The summed E-state index contributed by atoms with van der Waals surface area (Å²) in [4.78, 5) is 0. The van der Waals surface area contributed by atoms with Gasteiger partial charge in [-0.05, 0) is 76.1 Å². The molecular formula is C20H38O2Si. The van der Waals surface area contributed by atoms with E-state index in [1.807, 2.05) is 0 Å². The molecule has 0 aliphatic heterocycles. The summed E-state index contributed by atoms with van der Waals surface area (Å²) in [6.45, 7) is 17.2. The Kier molecular flexibility index (Phi) is 7.76. The van der Waals surface area contributed by atoms with Crippen LogP contribution in [0.25, 0.3) is 0 Å². The van der Waals surface area contributed by atoms with Crippen molar-refractivity contribution in [2.45, 2.75) is 97.1 Å². The van der Waals surface area contributed by atoms with Crippen molar-refractivity contribution < 1.29 is 9.53 Å². The third-order valence-electron chi connectivity index (χ3n) is 6.29. The van der Waals surface area contributed by atoms with Crippen LogP contribution in [-0.4, -0.2) is 25.1 Å². The Hall–Kier alpha value is -0.383. The van der Waals surface area contributed by atoms with E-state index in [0.29, 0.717) is 5.92 Å². The van der Waals surface area contributed by atoms with Gasteiger partial charge in [0.25, 0.3) is 0 Å². The minimum absolute atomic E-state index is 0.211. The van der Waals surface area contributed by atoms with E-state index in [2.05, 4.69) is 54.2 Å². The summed E-state index contributed by atoms with van der Waals surface area (Å²) in [6.07, 6.45) is 5.89. The van der Waals surface area contributed by atoms with Gasteiger partial charge in [0, 0.05) is 0 Å². The molecule has 1 aliphatic carbocycles. The predicted octanol–water partition coefficient (Wildman–Crippen LogP) is 5.84. The van der Waals surface area contributed by atoms with Gasteiger partial charge in [-0.1, -0.05) is 32.4 Å². The van der Waals surface area contributed by atoms with Crippen molar-refractivity contribution in [1.29, 1.82) is 0 Å². The fourth-order valence-electron chi connectivity index (χ4n) is 3.98. The number of hydrogen-bond donors (Lipinski definition) is 1. The minimum atomic E-state index is -1.68. The smallest absolute Gasteiger partial charge is 0.193 e. The second-order valence-corrected chi connectivity index (χ2v) is 12.2. The zero-order chi connectivity index (χ0) is 17.7. The highest BCUT2D eigenvalue weighted by atomic mass is 28.4. The summed E-state index contributed by atoms with van der Waals surface area (Å²) in [7, 11) is -1.68. The average molecular weight is 339 g/mol. The maximum absolute atomic E-state index is 10.6. The molecule has 3 heteroatoms. The lowest BCUT2D eigenvalue weighted by Gasteiger charge is -2.43. The van der Waals surface area contributed by atoms with Crippen molar-refractivity contribution in [3.8, 4) is 0 Å². The Morgan fingerprint density at radius 3 is 2.26 bits per heavy atom. The van der Waals surface area contributed by atoms with Crippen LogP contribution in [0.2, 0.25) is 18.1 Å². The van der Waals surface area contributed by atoms with Crippen LogP contribution >= 0.6 is 0 Å². The number of hydrogen-bond acceptors (Lipinski definition) is 2. The van der Waals surface area contributed by atoms with E-state index in [1.165, 1.54) is 12.0 Å². The van der Waals surface area contributed by atoms with Crippen LogP contribution in [0.1, 0.15) is 67.2 Å². The highest BCUT2D eigenvalue weighted by Gasteiger charge is 2.47. The minimum Gasteiger partial charge on any atom is -0.408 e. The fraction of sp³-hybridized carbons (Fsp3) is 0.800. The highest BCUT2D eigenvalue weighted by molar-refractivity contribution is 6.73. The molecule has 0 aromatic carbocycles. The molecule has 1 unspecified atom stereocenters. The molecule has 0 aromatic rings. The molecule has 0 spiro atoms. The van der Waals surface area contributed by atoms with Gasteiger partial charge >= 0.3 is 0 Å². The number of allylic oxidation sites excluding steroid dienone is 1. The van der Waals surface area contributed by atoms with Crippen LogP contribution < -0.4 is 0 Å². The van der Waals surface area contributed by atoms with Gasteiger partial charge in [0.15, 0.2) is 8.32 Å². The fourth-order valence-corrected chi connectivity index (χ4v) is 7.08. The second-order valence-electron chi connectivity index (χ2n) is 7.53. The summed E-state index contributed by atoms with van der Waals surface area (Å²) in [5.74, 6) is 0.390. The summed E-state index contributed by atoms with van der Waals surface area (Å²) >= 11 is 0. The Morgan fingerprint density at radius 1 is 1.26 bits per heavy atom. The maximum atomic E-state index is 10.6. The topological polar surface area (TPSA) is 29.5 Å². The van der Waals surface area contributed by atoms with Gasteiger partial charge in [-0.3, -0.25) is 0 Å². The molecule has 1 rings (SSSR count). The van der Waals surface area contributed by atoms with Crippen LogP contribution in [-0.2, 0) is 4.43 Å². The lowest BCUT2D eigenvalue weighted by Crippen LogP contribution is -2.48. The summed E-state index contributed by atoms with van der Waals surface area (Å²) in [5, 5.41) is 10.6. The van der Waals surface area contributed by atoms with Gasteiger partial charge in [0.1, 0.15) is 0 Å². The third kappa shape index (κ3) is 4.58. The zero-order valence-corrected chi connectivity index (χ0v) is 17.2. The van der Waals surface area contributed by atoms with Gasteiger partial charge in [-0.15, -0.1) is 6.58 Å². The highest BCUT2D eigenvalue weighted by Crippen LogP contribution is 2.46. The summed E-state index contributed by atoms with van der Waals surface area (Å²) < 4.78 is 6.93. The first-order valence-electron chi connectivity index (χ1n) is 9.45. The number of aliphatic hydroxyl groups excluding tert-OH is 1. The lowest BCUT2D eigenvalue weighted by molar-refractivity contribution is 0.0416. The molecule has 0 aromatic heterocycles. The average Bonchev–Trinajstić information content (AvgIpc) is 2.94. The monoisotopic (exact) mass is 338 g/mol. The van der Waals surface area contributed by atoms with Crippen molar-refractivity contribution in [3.05, 3.63) is 23.8 Å². The van der Waals surface area contributed by atoms with E-state index in [0.717, 1.165) is 43.0 Å². The van der Waals surface area contributed by atoms with Crippen LogP contribution in [0.15, 0.2) is 23.8 Å². The molecule has 0 radical (unpaired) electrons. The largest absolute Gasteiger partial charge is 0.408 e. The molecular weight excluding hydrogens is 300 g/mol. The first-order valence-corrected chi connectivity index (χ1v) is 12.0. The maximum Gasteiger partial charge on any atom is 0.193 e. The van der Waals surface area contributed by atoms with Gasteiger partial charge < -0.3 is 9.53 Å². The Morgan fingerprint density at radius 2 is 1.83 bits per heavy atom. The summed E-state index contributed by atoms with van der Waals surface area (Å²) in [6, 6.07) is 3.49. The normalized spacial score (nSPS) is 26.1. The van der Waals surface area contributed by atoms with Crippen molar-refractivity contribution in [2.24, 2.45) is 5.92 Å². The molecule has 1 aliphatic rings. The molecule has 134 valence electrons. The number of rotatable bonds is 9. The molecule has 1 N–H and O–H groups in total. The Bertz CT molecular complexity index is 413. The van der Waals surface area contributed by atoms with E-state index in [-0.39, 0.29) is 11.7 Å². The second kappa shape index (κ2) is 8.64. The molecule has 1 saturated carbocycles. The van der Waals surface area contributed by atoms with E-state index in [1.54, 1.807) is 0 Å². The van der Waals surface area contributed by atoms with Crippen molar-refractivity contribution in [2.75, 3.05) is 0 Å². The van der Waals surface area contributed by atoms with Crippen LogP contribution in [0.5, 0.6) is 0 Å². The van der Waals surface area contributed by atoms with Gasteiger partial charge in [-0.25, -0.2) is 0 Å². The molecule has 0 amide bonds. The zero-order valence-electron chi connectivity index (χ0n) is 16.2. The van der Waals surface area contributed by atoms with E-state index >= 15 is 0 Å². The van der Waals surface area contributed by atoms with Gasteiger partial charge in [0.2, 0.25) is 0 Å². The lowest BCUT2D eigenvalue weighted by atomic mass is 9.84. The molecule has 23 heavy (non-hydrogen) atoms. The molecule has 0 heterocycles. The van der Waals surface area contributed by atoms with Crippen molar-refractivity contribution in [1.82, 2.24) is 0 Å². The standard InChI is InChI=1S/C20H38O2Si/c1-8-20(22-23(9-2,10-3)11-4)14-12-13-18(20)15-19(21)17(7)16(5)6/h8,18-19,21H,1,9-15H2,2-7H3/t18-,19?,20-/m1/s1. The molecule has 2 nitrogen and oxygen atoms in total. The van der Waals surface area contributed by atoms with E-state index in [4.69, 9.17) is 4.43 Å². The van der Waals surface area contributed by atoms with Crippen LogP contribution in [0.3, 0.4) is 0 Å². The first kappa shape index (κ1) is 20.7. The SMILES string of the molecule is C=C[C@@]1(O[Si](CC)(CC)CC)CCC[C@@H]1CC(O)C(C)=C(C)C. The van der Waals surface area contributed by atoms with E-state index < -0.39 is 8.32 Å².